The van der Waals surface area contributed by atoms with E-state index in [-0.39, 0.29) is 16.8 Å². The van der Waals surface area contributed by atoms with Crippen molar-refractivity contribution >= 4 is 32.3 Å². The Bertz CT molecular complexity index is 1110. The molecule has 1 heterocycles. The van der Waals surface area contributed by atoms with Crippen LogP contribution in [0.25, 0.3) is 22.3 Å². The SMILES string of the molecule is CS(=O)(=O)Nc1ccc2nc(-c3cccc(N=O)c3)[nH]c(=O)c2c1. The number of H-pyrrole nitrogens is 1. The molecule has 122 valence electrons. The Morgan fingerprint density at radius 1 is 1.17 bits per heavy atom. The lowest BCUT2D eigenvalue weighted by atomic mass is 10.1. The number of hydrogen-bond acceptors (Lipinski definition) is 6. The van der Waals surface area contributed by atoms with Crippen LogP contribution in [0.1, 0.15) is 0 Å². The molecule has 0 spiro atoms. The molecular formula is C15H12N4O4S. The molecule has 24 heavy (non-hydrogen) atoms. The van der Waals surface area contributed by atoms with Crippen molar-refractivity contribution in [3.8, 4) is 11.4 Å². The van der Waals surface area contributed by atoms with Gasteiger partial charge in [-0.25, -0.2) is 13.4 Å². The monoisotopic (exact) mass is 344 g/mol. The Balaban J connectivity index is 2.12. The van der Waals surface area contributed by atoms with Crippen molar-refractivity contribution in [3.63, 3.8) is 0 Å². The Labute approximate surface area is 136 Å². The molecule has 9 heteroatoms. The minimum atomic E-state index is -3.44. The van der Waals surface area contributed by atoms with Crippen molar-refractivity contribution in [1.82, 2.24) is 9.97 Å². The molecule has 0 atom stereocenters. The Kier molecular flexibility index (Phi) is 3.86. The van der Waals surface area contributed by atoms with E-state index in [0.717, 1.165) is 6.26 Å². The first kappa shape index (κ1) is 15.8. The van der Waals surface area contributed by atoms with E-state index in [9.17, 15) is 18.1 Å². The van der Waals surface area contributed by atoms with Gasteiger partial charge in [-0.2, -0.15) is 0 Å². The zero-order valence-corrected chi connectivity index (χ0v) is 13.3. The van der Waals surface area contributed by atoms with Crippen molar-refractivity contribution < 1.29 is 8.42 Å². The van der Waals surface area contributed by atoms with E-state index in [1.165, 1.54) is 18.2 Å². The molecule has 0 aliphatic rings. The summed E-state index contributed by atoms with van der Waals surface area (Å²) in [5.74, 6) is 0.293. The van der Waals surface area contributed by atoms with Crippen molar-refractivity contribution in [2.75, 3.05) is 11.0 Å². The lowest BCUT2D eigenvalue weighted by molar-refractivity contribution is 0.607. The number of anilines is 1. The molecule has 8 nitrogen and oxygen atoms in total. The van der Waals surface area contributed by atoms with E-state index in [0.29, 0.717) is 16.9 Å². The van der Waals surface area contributed by atoms with Crippen molar-refractivity contribution in [1.29, 1.82) is 0 Å². The zero-order valence-electron chi connectivity index (χ0n) is 12.5. The molecule has 0 aliphatic carbocycles. The van der Waals surface area contributed by atoms with Crippen LogP contribution in [0.2, 0.25) is 0 Å². The third-order valence-corrected chi connectivity index (χ3v) is 3.84. The van der Waals surface area contributed by atoms with Crippen molar-refractivity contribution in [2.24, 2.45) is 5.18 Å². The number of hydrogen-bond donors (Lipinski definition) is 2. The summed E-state index contributed by atoms with van der Waals surface area (Å²) in [6.45, 7) is 0. The maximum atomic E-state index is 12.3. The summed E-state index contributed by atoms with van der Waals surface area (Å²) in [4.78, 5) is 29.9. The van der Waals surface area contributed by atoms with E-state index >= 15 is 0 Å². The number of aromatic nitrogens is 2. The lowest BCUT2D eigenvalue weighted by Gasteiger charge is -2.06. The smallest absolute Gasteiger partial charge is 0.259 e. The first-order valence-corrected chi connectivity index (χ1v) is 8.70. The van der Waals surface area contributed by atoms with Gasteiger partial charge in [-0.1, -0.05) is 12.1 Å². The number of sulfonamides is 1. The molecule has 0 fully saturated rings. The number of nitrogens with one attached hydrogen (secondary N) is 2. The lowest BCUT2D eigenvalue weighted by Crippen LogP contribution is -2.12. The van der Waals surface area contributed by atoms with Gasteiger partial charge in [-0.05, 0) is 35.5 Å². The van der Waals surface area contributed by atoms with Crippen LogP contribution in [0.3, 0.4) is 0 Å². The summed E-state index contributed by atoms with van der Waals surface area (Å²) >= 11 is 0. The highest BCUT2D eigenvalue weighted by Crippen LogP contribution is 2.22. The third-order valence-electron chi connectivity index (χ3n) is 3.23. The molecule has 0 saturated heterocycles. The zero-order chi connectivity index (χ0) is 17.3. The average molecular weight is 344 g/mol. The molecule has 0 saturated carbocycles. The fourth-order valence-electron chi connectivity index (χ4n) is 2.26. The molecule has 0 aliphatic heterocycles. The fraction of sp³-hybridized carbons (Fsp3) is 0.0667. The van der Waals surface area contributed by atoms with Crippen LogP contribution in [0.4, 0.5) is 11.4 Å². The molecule has 0 bridgehead atoms. The Morgan fingerprint density at radius 3 is 2.67 bits per heavy atom. The van der Waals surface area contributed by atoms with Crippen LogP contribution in [0, 0.1) is 4.91 Å². The average Bonchev–Trinajstić information content (AvgIpc) is 2.54. The van der Waals surface area contributed by atoms with Gasteiger partial charge in [0.2, 0.25) is 10.0 Å². The normalized spacial score (nSPS) is 11.4. The van der Waals surface area contributed by atoms with Gasteiger partial charge in [-0.3, -0.25) is 9.52 Å². The number of aromatic amines is 1. The molecule has 0 unspecified atom stereocenters. The largest absolute Gasteiger partial charge is 0.306 e. The van der Waals surface area contributed by atoms with Gasteiger partial charge in [0, 0.05) is 11.3 Å². The van der Waals surface area contributed by atoms with Gasteiger partial charge < -0.3 is 4.98 Å². The van der Waals surface area contributed by atoms with Crippen LogP contribution in [0.5, 0.6) is 0 Å². The van der Waals surface area contributed by atoms with Crippen molar-refractivity contribution in [3.05, 3.63) is 57.7 Å². The fourth-order valence-corrected chi connectivity index (χ4v) is 2.82. The highest BCUT2D eigenvalue weighted by molar-refractivity contribution is 7.92. The van der Waals surface area contributed by atoms with E-state index in [4.69, 9.17) is 0 Å². The summed E-state index contributed by atoms with van der Waals surface area (Å²) in [5.41, 5.74) is 1.03. The van der Waals surface area contributed by atoms with E-state index < -0.39 is 15.6 Å². The third kappa shape index (κ3) is 3.30. The number of benzene rings is 2. The molecule has 3 rings (SSSR count). The van der Waals surface area contributed by atoms with E-state index in [2.05, 4.69) is 19.9 Å². The highest BCUT2D eigenvalue weighted by Gasteiger charge is 2.09. The van der Waals surface area contributed by atoms with E-state index in [1.54, 1.807) is 24.3 Å². The highest BCUT2D eigenvalue weighted by atomic mass is 32.2. The van der Waals surface area contributed by atoms with Gasteiger partial charge >= 0.3 is 0 Å². The molecular weight excluding hydrogens is 332 g/mol. The summed E-state index contributed by atoms with van der Waals surface area (Å²) in [7, 11) is -3.44. The van der Waals surface area contributed by atoms with Crippen LogP contribution in [-0.4, -0.2) is 24.6 Å². The number of fused-ring (bicyclic) bond motifs is 1. The van der Waals surface area contributed by atoms with Gasteiger partial charge in [-0.15, -0.1) is 4.91 Å². The van der Waals surface area contributed by atoms with Crippen LogP contribution >= 0.6 is 0 Å². The van der Waals surface area contributed by atoms with Crippen LogP contribution in [0.15, 0.2) is 52.4 Å². The summed E-state index contributed by atoms with van der Waals surface area (Å²) in [6, 6.07) is 10.9. The summed E-state index contributed by atoms with van der Waals surface area (Å²) in [5, 5.41) is 3.10. The van der Waals surface area contributed by atoms with Crippen molar-refractivity contribution in [2.45, 2.75) is 0 Å². The topological polar surface area (TPSA) is 121 Å². The molecule has 1 aromatic heterocycles. The first-order chi connectivity index (χ1) is 11.4. The minimum absolute atomic E-state index is 0.225. The molecule has 3 aromatic rings. The van der Waals surface area contributed by atoms with Gasteiger partial charge in [0.05, 0.1) is 17.2 Å². The van der Waals surface area contributed by atoms with Crippen LogP contribution < -0.4 is 10.3 Å². The molecule has 0 amide bonds. The Hall–Kier alpha value is -3.07. The number of rotatable bonds is 4. The standard InChI is InChI=1S/C15H12N4O4S/c1-24(22,23)19-11-5-6-13-12(8-11)15(20)17-14(16-13)9-3-2-4-10(7-9)18-21/h2-8,19H,1H3,(H,16,17,20). The predicted octanol–water partition coefficient (Wildman–Crippen LogP) is 2.36. The molecule has 2 aromatic carbocycles. The second-order valence-corrected chi connectivity index (χ2v) is 6.91. The minimum Gasteiger partial charge on any atom is -0.306 e. The quantitative estimate of drug-likeness (QED) is 0.704. The van der Waals surface area contributed by atoms with Gasteiger partial charge in [0.1, 0.15) is 11.5 Å². The second kappa shape index (κ2) is 5.85. The summed E-state index contributed by atoms with van der Waals surface area (Å²) in [6.07, 6.45) is 1.02. The second-order valence-electron chi connectivity index (χ2n) is 5.16. The first-order valence-electron chi connectivity index (χ1n) is 6.81. The number of nitroso groups, excluding NO2 is 1. The van der Waals surface area contributed by atoms with E-state index in [1.807, 2.05) is 0 Å². The maximum absolute atomic E-state index is 12.3. The van der Waals surface area contributed by atoms with Crippen LogP contribution in [-0.2, 0) is 10.0 Å². The van der Waals surface area contributed by atoms with Gasteiger partial charge in [0.15, 0.2) is 0 Å². The summed E-state index contributed by atoms with van der Waals surface area (Å²) < 4.78 is 24.9. The van der Waals surface area contributed by atoms with Gasteiger partial charge in [0.25, 0.3) is 5.56 Å². The molecule has 0 radical (unpaired) electrons. The maximum Gasteiger partial charge on any atom is 0.259 e. The predicted molar refractivity (Wildman–Crippen MR) is 91.7 cm³/mol. The Morgan fingerprint density at radius 2 is 1.96 bits per heavy atom. The molecule has 2 N–H and O–H groups in total. The number of nitrogens with zero attached hydrogens (tertiary/aromatic N) is 2.